The lowest BCUT2D eigenvalue weighted by molar-refractivity contribution is 0.0692. The molecule has 3 aromatic rings. The molecule has 5 nitrogen and oxygen atoms in total. The number of aromatic carboxylic acids is 1. The molecule has 0 fully saturated rings. The molecule has 29 heavy (non-hydrogen) atoms. The second-order valence-corrected chi connectivity index (χ2v) is 6.74. The SMILES string of the molecule is CCCC(CC)c1c(C(=O)O)c(=O)c2cc(F)cnc2n1-c1ccc(F)cc1F. The van der Waals surface area contributed by atoms with Crippen molar-refractivity contribution in [3.05, 3.63) is 69.4 Å². The number of fused-ring (bicyclic) bond motifs is 1. The molecule has 0 aliphatic heterocycles. The first-order valence-electron chi connectivity index (χ1n) is 9.22. The lowest BCUT2D eigenvalue weighted by Gasteiger charge is -2.24. The second-order valence-electron chi connectivity index (χ2n) is 6.74. The van der Waals surface area contributed by atoms with Crippen molar-refractivity contribution in [2.45, 2.75) is 39.0 Å². The molecule has 2 heterocycles. The maximum Gasteiger partial charge on any atom is 0.341 e. The van der Waals surface area contributed by atoms with Gasteiger partial charge >= 0.3 is 5.97 Å². The van der Waals surface area contributed by atoms with E-state index in [0.717, 1.165) is 24.4 Å². The predicted molar refractivity (Wildman–Crippen MR) is 102 cm³/mol. The largest absolute Gasteiger partial charge is 0.477 e. The fourth-order valence-corrected chi connectivity index (χ4v) is 3.64. The molecule has 1 N–H and O–H groups in total. The summed E-state index contributed by atoms with van der Waals surface area (Å²) in [7, 11) is 0. The van der Waals surface area contributed by atoms with E-state index in [-0.39, 0.29) is 22.4 Å². The Labute approximate surface area is 164 Å². The zero-order chi connectivity index (χ0) is 21.3. The molecule has 1 unspecified atom stereocenters. The van der Waals surface area contributed by atoms with Crippen molar-refractivity contribution >= 4 is 17.0 Å². The minimum Gasteiger partial charge on any atom is -0.477 e. The molecule has 0 saturated heterocycles. The van der Waals surface area contributed by atoms with Gasteiger partial charge in [0.2, 0.25) is 5.43 Å². The molecule has 0 bridgehead atoms. The van der Waals surface area contributed by atoms with Crippen molar-refractivity contribution in [3.63, 3.8) is 0 Å². The smallest absolute Gasteiger partial charge is 0.341 e. The van der Waals surface area contributed by atoms with Crippen molar-refractivity contribution in [1.29, 1.82) is 0 Å². The van der Waals surface area contributed by atoms with E-state index in [2.05, 4.69) is 4.98 Å². The standard InChI is InChI=1S/C21H19F3N2O3/c1-3-5-11(4-2)18-17(21(28)29)19(27)14-8-13(23)10-25-20(14)26(18)16-7-6-12(22)9-15(16)24/h6-11H,3-5H2,1-2H3,(H,28,29). The maximum atomic E-state index is 14.7. The van der Waals surface area contributed by atoms with E-state index in [1.165, 1.54) is 4.57 Å². The Hall–Kier alpha value is -3.16. The van der Waals surface area contributed by atoms with Crippen LogP contribution in [0.1, 0.15) is 55.1 Å². The lowest BCUT2D eigenvalue weighted by atomic mass is 9.91. The molecule has 0 aliphatic carbocycles. The van der Waals surface area contributed by atoms with Crippen molar-refractivity contribution in [1.82, 2.24) is 9.55 Å². The summed E-state index contributed by atoms with van der Waals surface area (Å²) >= 11 is 0. The summed E-state index contributed by atoms with van der Waals surface area (Å²) in [5, 5.41) is 9.50. The van der Waals surface area contributed by atoms with E-state index in [1.54, 1.807) is 0 Å². The van der Waals surface area contributed by atoms with Crippen LogP contribution in [0, 0.1) is 17.5 Å². The van der Waals surface area contributed by atoms with Gasteiger partial charge < -0.3 is 5.11 Å². The molecule has 0 radical (unpaired) electrons. The molecule has 0 saturated carbocycles. The van der Waals surface area contributed by atoms with Gasteiger partial charge in [0.25, 0.3) is 0 Å². The van der Waals surface area contributed by atoms with Gasteiger partial charge in [0.1, 0.15) is 28.7 Å². The quantitative estimate of drug-likeness (QED) is 0.641. The number of hydrogen-bond acceptors (Lipinski definition) is 3. The van der Waals surface area contributed by atoms with Crippen molar-refractivity contribution in [2.24, 2.45) is 0 Å². The van der Waals surface area contributed by atoms with Gasteiger partial charge in [0.15, 0.2) is 0 Å². The zero-order valence-electron chi connectivity index (χ0n) is 15.9. The third-order valence-corrected chi connectivity index (χ3v) is 4.89. The van der Waals surface area contributed by atoms with E-state index >= 15 is 0 Å². The number of rotatable bonds is 6. The topological polar surface area (TPSA) is 72.2 Å². The summed E-state index contributed by atoms with van der Waals surface area (Å²) in [4.78, 5) is 28.9. The monoisotopic (exact) mass is 404 g/mol. The average Bonchev–Trinajstić information content (AvgIpc) is 2.66. The van der Waals surface area contributed by atoms with Gasteiger partial charge in [-0.05, 0) is 31.0 Å². The summed E-state index contributed by atoms with van der Waals surface area (Å²) in [6.45, 7) is 3.72. The first-order chi connectivity index (χ1) is 13.8. The van der Waals surface area contributed by atoms with E-state index in [4.69, 9.17) is 0 Å². The molecule has 0 amide bonds. The van der Waals surface area contributed by atoms with Gasteiger partial charge in [0, 0.05) is 17.7 Å². The number of carboxylic acid groups (broad SMARTS) is 1. The van der Waals surface area contributed by atoms with Crippen LogP contribution < -0.4 is 5.43 Å². The highest BCUT2D eigenvalue weighted by molar-refractivity contribution is 5.94. The third-order valence-electron chi connectivity index (χ3n) is 4.89. The number of benzene rings is 1. The van der Waals surface area contributed by atoms with E-state index in [9.17, 15) is 27.9 Å². The number of aromatic nitrogens is 2. The average molecular weight is 404 g/mol. The van der Waals surface area contributed by atoms with Crippen LogP contribution in [0.5, 0.6) is 0 Å². The van der Waals surface area contributed by atoms with Gasteiger partial charge in [-0.25, -0.2) is 22.9 Å². The van der Waals surface area contributed by atoms with E-state index in [1.807, 2.05) is 13.8 Å². The molecular formula is C21H19F3N2O3. The molecule has 0 aliphatic rings. The van der Waals surface area contributed by atoms with Crippen LogP contribution in [0.2, 0.25) is 0 Å². The third kappa shape index (κ3) is 3.62. The van der Waals surface area contributed by atoms with Gasteiger partial charge in [-0.1, -0.05) is 20.3 Å². The molecule has 8 heteroatoms. The van der Waals surface area contributed by atoms with Crippen LogP contribution in [0.3, 0.4) is 0 Å². The number of hydrogen-bond donors (Lipinski definition) is 1. The number of carbonyl (C=O) groups is 1. The van der Waals surface area contributed by atoms with Crippen LogP contribution in [0.25, 0.3) is 16.7 Å². The van der Waals surface area contributed by atoms with Crippen molar-refractivity contribution < 1.29 is 23.1 Å². The Morgan fingerprint density at radius 1 is 1.17 bits per heavy atom. The second kappa shape index (κ2) is 8.06. The molecule has 2 aromatic heterocycles. The molecule has 152 valence electrons. The summed E-state index contributed by atoms with van der Waals surface area (Å²) in [5.74, 6) is -4.49. The van der Waals surface area contributed by atoms with Gasteiger partial charge in [-0.2, -0.15) is 0 Å². The van der Waals surface area contributed by atoms with Gasteiger partial charge in [-0.15, -0.1) is 0 Å². The number of pyridine rings is 2. The van der Waals surface area contributed by atoms with Crippen LogP contribution in [-0.4, -0.2) is 20.6 Å². The highest BCUT2D eigenvalue weighted by Gasteiger charge is 2.29. The van der Waals surface area contributed by atoms with E-state index < -0.39 is 40.3 Å². The van der Waals surface area contributed by atoms with Gasteiger partial charge in [-0.3, -0.25) is 9.36 Å². The first-order valence-corrected chi connectivity index (χ1v) is 9.22. The minimum absolute atomic E-state index is 0.0731. The molecule has 0 spiro atoms. The van der Waals surface area contributed by atoms with Crippen LogP contribution in [0.4, 0.5) is 13.2 Å². The van der Waals surface area contributed by atoms with Crippen molar-refractivity contribution in [3.8, 4) is 5.69 Å². The number of carboxylic acids is 1. The summed E-state index contributed by atoms with van der Waals surface area (Å²) < 4.78 is 43.2. The highest BCUT2D eigenvalue weighted by atomic mass is 19.1. The Kier molecular flexibility index (Phi) is 5.72. The molecule has 1 atom stereocenters. The number of halogens is 3. The van der Waals surface area contributed by atoms with Crippen LogP contribution >= 0.6 is 0 Å². The lowest BCUT2D eigenvalue weighted by Crippen LogP contribution is -2.26. The Morgan fingerprint density at radius 2 is 1.90 bits per heavy atom. The normalized spacial score (nSPS) is 12.3. The molecule has 1 aromatic carbocycles. The molecule has 3 rings (SSSR count). The Morgan fingerprint density at radius 3 is 2.48 bits per heavy atom. The highest BCUT2D eigenvalue weighted by Crippen LogP contribution is 2.32. The minimum atomic E-state index is -1.50. The fourth-order valence-electron chi connectivity index (χ4n) is 3.64. The summed E-state index contributed by atoms with van der Waals surface area (Å²) in [5.41, 5.74) is -1.63. The number of nitrogens with zero attached hydrogens (tertiary/aromatic N) is 2. The van der Waals surface area contributed by atoms with Crippen molar-refractivity contribution in [2.75, 3.05) is 0 Å². The Balaban J connectivity index is 2.59. The van der Waals surface area contributed by atoms with E-state index in [0.29, 0.717) is 25.3 Å². The Bertz CT molecular complexity index is 1160. The maximum absolute atomic E-state index is 14.7. The summed E-state index contributed by atoms with van der Waals surface area (Å²) in [6, 6.07) is 3.71. The molecular weight excluding hydrogens is 385 g/mol. The van der Waals surface area contributed by atoms with Crippen LogP contribution in [-0.2, 0) is 0 Å². The summed E-state index contributed by atoms with van der Waals surface area (Å²) in [6.07, 6.45) is 2.56. The first kappa shape index (κ1) is 20.6. The predicted octanol–water partition coefficient (Wildman–Crippen LogP) is 4.79. The van der Waals surface area contributed by atoms with Gasteiger partial charge in [0.05, 0.1) is 17.3 Å². The van der Waals surface area contributed by atoms with Crippen LogP contribution in [0.15, 0.2) is 35.3 Å². The zero-order valence-corrected chi connectivity index (χ0v) is 15.9. The fraction of sp³-hybridized carbons (Fsp3) is 0.286.